The van der Waals surface area contributed by atoms with Crippen LogP contribution in [0.3, 0.4) is 0 Å². The van der Waals surface area contributed by atoms with Gasteiger partial charge in [-0.3, -0.25) is 0 Å². The molecule has 0 aliphatic rings. The Balaban J connectivity index is 2.61. The summed E-state index contributed by atoms with van der Waals surface area (Å²) in [4.78, 5) is 13.8. The summed E-state index contributed by atoms with van der Waals surface area (Å²) in [7, 11) is 1.61. The zero-order chi connectivity index (χ0) is 12.4. The number of rotatable bonds is 3. The molecule has 0 aliphatic heterocycles. The molecular formula is C13H13NO3. The van der Waals surface area contributed by atoms with E-state index >= 15 is 0 Å². The molecule has 88 valence electrons. The van der Waals surface area contributed by atoms with Crippen LogP contribution in [-0.4, -0.2) is 23.2 Å². The van der Waals surface area contributed by atoms with Crippen LogP contribution in [-0.2, 0) is 4.79 Å². The molecule has 0 radical (unpaired) electrons. The molecule has 2 N–H and O–H groups in total. The number of methoxy groups -OCH3 is 1. The predicted octanol–water partition coefficient (Wildman–Crippen LogP) is 2.66. The number of benzene rings is 1. The van der Waals surface area contributed by atoms with Gasteiger partial charge in [0, 0.05) is 23.2 Å². The molecule has 0 fully saturated rings. The van der Waals surface area contributed by atoms with Crippen LogP contribution in [0.4, 0.5) is 0 Å². The monoisotopic (exact) mass is 231 g/mol. The summed E-state index contributed by atoms with van der Waals surface area (Å²) < 4.78 is 5.23. The Kier molecular flexibility index (Phi) is 2.87. The first kappa shape index (κ1) is 11.3. The summed E-state index contributed by atoms with van der Waals surface area (Å²) in [6, 6.07) is 5.67. The minimum absolute atomic E-state index is 0.706. The number of hydrogen-bond donors (Lipinski definition) is 2. The van der Waals surface area contributed by atoms with E-state index in [-0.39, 0.29) is 0 Å². The minimum atomic E-state index is -0.945. The molecule has 4 nitrogen and oxygen atoms in total. The highest BCUT2D eigenvalue weighted by Crippen LogP contribution is 2.30. The molecule has 0 amide bonds. The fourth-order valence-corrected chi connectivity index (χ4v) is 1.89. The summed E-state index contributed by atoms with van der Waals surface area (Å²) in [5, 5.41) is 9.70. The highest BCUT2D eigenvalue weighted by Gasteiger charge is 2.09. The maximum Gasteiger partial charge on any atom is 0.328 e. The lowest BCUT2D eigenvalue weighted by molar-refractivity contribution is -0.131. The van der Waals surface area contributed by atoms with E-state index in [2.05, 4.69) is 4.98 Å². The Morgan fingerprint density at radius 2 is 2.24 bits per heavy atom. The number of para-hydroxylation sites is 1. The Labute approximate surface area is 98.5 Å². The number of aromatic nitrogens is 1. The normalized spacial score (nSPS) is 11.8. The first-order chi connectivity index (χ1) is 8.13. The van der Waals surface area contributed by atoms with E-state index in [4.69, 9.17) is 9.84 Å². The summed E-state index contributed by atoms with van der Waals surface area (Å²) in [5.74, 6) is -0.198. The molecule has 2 rings (SSSR count). The van der Waals surface area contributed by atoms with Gasteiger partial charge in [-0.15, -0.1) is 0 Å². The van der Waals surface area contributed by atoms with Crippen LogP contribution in [0.1, 0.15) is 12.5 Å². The molecule has 17 heavy (non-hydrogen) atoms. The second-order valence-corrected chi connectivity index (χ2v) is 3.75. The topological polar surface area (TPSA) is 62.3 Å². The van der Waals surface area contributed by atoms with E-state index in [0.717, 1.165) is 22.2 Å². The van der Waals surface area contributed by atoms with Gasteiger partial charge in [-0.2, -0.15) is 0 Å². The Bertz CT molecular complexity index is 596. The van der Waals surface area contributed by atoms with Crippen molar-refractivity contribution in [1.82, 2.24) is 4.98 Å². The van der Waals surface area contributed by atoms with Gasteiger partial charge in [-0.05, 0) is 18.6 Å². The van der Waals surface area contributed by atoms with Crippen LogP contribution in [0, 0.1) is 0 Å². The van der Waals surface area contributed by atoms with Crippen molar-refractivity contribution in [2.75, 3.05) is 7.11 Å². The first-order valence-electron chi connectivity index (χ1n) is 5.19. The largest absolute Gasteiger partial charge is 0.495 e. The minimum Gasteiger partial charge on any atom is -0.495 e. The highest BCUT2D eigenvalue weighted by atomic mass is 16.5. The van der Waals surface area contributed by atoms with E-state index in [0.29, 0.717) is 5.57 Å². The van der Waals surface area contributed by atoms with Gasteiger partial charge in [0.15, 0.2) is 0 Å². The second kappa shape index (κ2) is 4.33. The number of allylic oxidation sites excluding steroid dienone is 1. The van der Waals surface area contributed by atoms with Crippen molar-refractivity contribution in [3.63, 3.8) is 0 Å². The lowest BCUT2D eigenvalue weighted by Crippen LogP contribution is -1.89. The summed E-state index contributed by atoms with van der Waals surface area (Å²) in [6.45, 7) is 1.77. The predicted molar refractivity (Wildman–Crippen MR) is 66.1 cm³/mol. The number of nitrogens with one attached hydrogen (secondary N) is 1. The lowest BCUT2D eigenvalue weighted by Gasteiger charge is -2.02. The molecule has 0 aliphatic carbocycles. The van der Waals surface area contributed by atoms with Gasteiger partial charge in [0.05, 0.1) is 12.6 Å². The van der Waals surface area contributed by atoms with Crippen LogP contribution in [0.15, 0.2) is 30.5 Å². The molecule has 2 aromatic rings. The fraction of sp³-hybridized carbons (Fsp3) is 0.154. The number of aliphatic carboxylic acids is 1. The maximum atomic E-state index is 10.7. The average molecular weight is 231 g/mol. The van der Waals surface area contributed by atoms with E-state index in [1.807, 2.05) is 18.2 Å². The number of carbonyl (C=O) groups is 1. The number of fused-ring (bicyclic) bond motifs is 1. The van der Waals surface area contributed by atoms with Crippen LogP contribution >= 0.6 is 0 Å². The Morgan fingerprint density at radius 3 is 2.88 bits per heavy atom. The van der Waals surface area contributed by atoms with Gasteiger partial charge in [0.25, 0.3) is 0 Å². The van der Waals surface area contributed by atoms with Crippen molar-refractivity contribution in [3.8, 4) is 5.75 Å². The molecule has 0 unspecified atom stereocenters. The second-order valence-electron chi connectivity index (χ2n) is 3.75. The van der Waals surface area contributed by atoms with Crippen molar-refractivity contribution in [1.29, 1.82) is 0 Å². The molecule has 1 heterocycles. The first-order valence-corrected chi connectivity index (χ1v) is 5.19. The van der Waals surface area contributed by atoms with Crippen molar-refractivity contribution in [2.45, 2.75) is 6.92 Å². The van der Waals surface area contributed by atoms with Gasteiger partial charge in [0.2, 0.25) is 0 Å². The third kappa shape index (κ3) is 2.01. The van der Waals surface area contributed by atoms with Crippen LogP contribution in [0.5, 0.6) is 5.75 Å². The number of ether oxygens (including phenoxy) is 1. The third-order valence-corrected chi connectivity index (χ3v) is 2.66. The molecule has 1 aromatic carbocycles. The Morgan fingerprint density at radius 1 is 1.47 bits per heavy atom. The molecule has 0 saturated heterocycles. The van der Waals surface area contributed by atoms with Crippen molar-refractivity contribution >= 4 is 22.4 Å². The van der Waals surface area contributed by atoms with Crippen molar-refractivity contribution in [2.24, 2.45) is 0 Å². The number of aromatic amines is 1. The van der Waals surface area contributed by atoms with Crippen LogP contribution in [0.2, 0.25) is 0 Å². The van der Waals surface area contributed by atoms with E-state index in [9.17, 15) is 4.79 Å². The number of carboxylic acids is 1. The molecule has 0 bridgehead atoms. The van der Waals surface area contributed by atoms with Gasteiger partial charge >= 0.3 is 5.97 Å². The zero-order valence-electron chi connectivity index (χ0n) is 9.65. The van der Waals surface area contributed by atoms with Gasteiger partial charge in [-0.1, -0.05) is 12.1 Å². The standard InChI is InChI=1S/C13H13NO3/c1-8(6-12(15)16)10-7-14-13-9(10)4-3-5-11(13)17-2/h3-7,14H,1-2H3,(H,15,16). The Hall–Kier alpha value is -2.23. The zero-order valence-corrected chi connectivity index (χ0v) is 9.65. The van der Waals surface area contributed by atoms with Crippen molar-refractivity contribution < 1.29 is 14.6 Å². The lowest BCUT2D eigenvalue weighted by atomic mass is 10.1. The average Bonchev–Trinajstić information content (AvgIpc) is 2.71. The maximum absolute atomic E-state index is 10.7. The quantitative estimate of drug-likeness (QED) is 0.798. The number of H-pyrrole nitrogens is 1. The highest BCUT2D eigenvalue weighted by molar-refractivity contribution is 5.99. The molecule has 0 atom stereocenters. The van der Waals surface area contributed by atoms with Crippen LogP contribution in [0.25, 0.3) is 16.5 Å². The number of hydrogen-bond acceptors (Lipinski definition) is 2. The summed E-state index contributed by atoms with van der Waals surface area (Å²) in [6.07, 6.45) is 2.99. The summed E-state index contributed by atoms with van der Waals surface area (Å²) >= 11 is 0. The van der Waals surface area contributed by atoms with E-state index in [1.54, 1.807) is 20.2 Å². The van der Waals surface area contributed by atoms with Gasteiger partial charge in [-0.25, -0.2) is 4.79 Å². The van der Waals surface area contributed by atoms with E-state index in [1.165, 1.54) is 6.08 Å². The molecule has 4 heteroatoms. The van der Waals surface area contributed by atoms with Gasteiger partial charge in [0.1, 0.15) is 5.75 Å². The van der Waals surface area contributed by atoms with Gasteiger partial charge < -0.3 is 14.8 Å². The molecule has 0 spiro atoms. The van der Waals surface area contributed by atoms with E-state index < -0.39 is 5.97 Å². The molecule has 1 aromatic heterocycles. The summed E-state index contributed by atoms with van der Waals surface area (Å²) in [5.41, 5.74) is 2.46. The van der Waals surface area contributed by atoms with Crippen LogP contribution < -0.4 is 4.74 Å². The molecular weight excluding hydrogens is 218 g/mol. The third-order valence-electron chi connectivity index (χ3n) is 2.66. The fourth-order valence-electron chi connectivity index (χ4n) is 1.89. The number of carboxylic acid groups (broad SMARTS) is 1. The molecule has 0 saturated carbocycles. The smallest absolute Gasteiger partial charge is 0.328 e. The SMILES string of the molecule is COc1cccc2c(C(C)=CC(=O)O)c[nH]c12. The van der Waals surface area contributed by atoms with Crippen molar-refractivity contribution in [3.05, 3.63) is 36.0 Å².